The molecule has 1 nitrogen and oxygen atoms in total. The average molecular weight is 419 g/mol. The van der Waals surface area contributed by atoms with Crippen LogP contribution in [0.3, 0.4) is 0 Å². The summed E-state index contributed by atoms with van der Waals surface area (Å²) in [4.78, 5) is 0.847. The van der Waals surface area contributed by atoms with Gasteiger partial charge in [-0.2, -0.15) is 0 Å². The van der Waals surface area contributed by atoms with Crippen LogP contribution in [0.1, 0.15) is 41.5 Å². The van der Waals surface area contributed by atoms with Crippen molar-refractivity contribution in [3.05, 3.63) is 55.2 Å². The van der Waals surface area contributed by atoms with Crippen molar-refractivity contribution in [2.75, 3.05) is 6.16 Å². The monoisotopic (exact) mass is 418 g/mol. The molecule has 2 aromatic carbocycles. The third kappa shape index (κ3) is 6.63. The molecule has 140 valence electrons. The van der Waals surface area contributed by atoms with Gasteiger partial charge in [-0.3, -0.25) is 0 Å². The zero-order chi connectivity index (χ0) is 17.3. The maximum Gasteiger partial charge on any atom is 2.00 e. The van der Waals surface area contributed by atoms with Crippen molar-refractivity contribution in [2.45, 2.75) is 51.9 Å². The molecular weight excluding hydrogens is 388 g/mol. The molecule has 0 saturated heterocycles. The van der Waals surface area contributed by atoms with Gasteiger partial charge in [0.1, 0.15) is 0 Å². The van der Waals surface area contributed by atoms with Crippen molar-refractivity contribution in [3.8, 4) is 0 Å². The first kappa shape index (κ1) is 24.5. The molecule has 0 aliphatic heterocycles. The standard InChI is InChI=1S/C20H28NPS.CH3.Ni/c1-19(2,3)22(20(4,5)6)14-18(23)21-17-13-9-11-15-10-7-8-12-16(15)17;;/h7-13H,14H2,1-6H3,(H,21,23);1H3;/q;-1;+2. The molecule has 0 bridgehead atoms. The summed E-state index contributed by atoms with van der Waals surface area (Å²) in [5.41, 5.74) is 0.997. The van der Waals surface area contributed by atoms with E-state index < -0.39 is 7.92 Å². The fourth-order valence-electron chi connectivity index (χ4n) is 3.29. The third-order valence-electron chi connectivity index (χ3n) is 4.15. The molecule has 25 heavy (non-hydrogen) atoms. The number of hydrogen-bond acceptors (Lipinski definition) is 1. The number of rotatable bonds is 3. The van der Waals surface area contributed by atoms with E-state index in [4.69, 9.17) is 17.5 Å². The van der Waals surface area contributed by atoms with Gasteiger partial charge in [-0.15, -0.1) is 17.9 Å². The van der Waals surface area contributed by atoms with Gasteiger partial charge in [0.25, 0.3) is 0 Å². The van der Waals surface area contributed by atoms with E-state index in [0.717, 1.165) is 16.8 Å². The zero-order valence-corrected chi connectivity index (χ0v) is 19.2. The number of hydrogen-bond donors (Lipinski definition) is 0. The molecule has 0 amide bonds. The van der Waals surface area contributed by atoms with Crippen molar-refractivity contribution < 1.29 is 16.5 Å². The summed E-state index contributed by atoms with van der Waals surface area (Å²) >= 11 is 5.67. The van der Waals surface area contributed by atoms with Crippen LogP contribution in [0.4, 0.5) is 5.69 Å². The maximum absolute atomic E-state index is 5.67. The molecule has 0 unspecified atom stereocenters. The second kappa shape index (κ2) is 9.45. The molecule has 2 rings (SSSR count). The van der Waals surface area contributed by atoms with E-state index in [9.17, 15) is 0 Å². The normalized spacial score (nSPS) is 11.6. The summed E-state index contributed by atoms with van der Waals surface area (Å²) in [5, 5.41) is 7.82. The summed E-state index contributed by atoms with van der Waals surface area (Å²) in [7, 11) is -0.682. The van der Waals surface area contributed by atoms with Crippen LogP contribution in [0.15, 0.2) is 42.5 Å². The second-order valence-electron chi connectivity index (χ2n) is 8.16. The van der Waals surface area contributed by atoms with Crippen LogP contribution in [0.5, 0.6) is 0 Å². The van der Waals surface area contributed by atoms with Crippen LogP contribution in [0.25, 0.3) is 16.1 Å². The molecule has 0 saturated carbocycles. The molecule has 0 radical (unpaired) electrons. The molecule has 0 fully saturated rings. The molecule has 2 aromatic rings. The minimum Gasteiger partial charge on any atom is -0.649 e. The Labute approximate surface area is 171 Å². The first-order valence-electron chi connectivity index (χ1n) is 8.18. The number of benzene rings is 2. The van der Waals surface area contributed by atoms with E-state index in [0.29, 0.717) is 10.3 Å². The first-order chi connectivity index (χ1) is 10.6. The zero-order valence-electron chi connectivity index (χ0n) is 16.4. The Hall–Kier alpha value is -0.486. The van der Waals surface area contributed by atoms with E-state index in [1.54, 1.807) is 0 Å². The Bertz CT molecular complexity index is 682. The topological polar surface area (TPSA) is 14.1 Å². The van der Waals surface area contributed by atoms with Gasteiger partial charge >= 0.3 is 16.5 Å². The van der Waals surface area contributed by atoms with E-state index >= 15 is 0 Å². The van der Waals surface area contributed by atoms with Crippen LogP contribution in [0, 0.1) is 7.43 Å². The van der Waals surface area contributed by atoms with Crippen LogP contribution in [0.2, 0.25) is 0 Å². The predicted octanol–water partition coefficient (Wildman–Crippen LogP) is 7.43. The predicted molar refractivity (Wildman–Crippen MR) is 119 cm³/mol. The molecule has 0 aromatic heterocycles. The van der Waals surface area contributed by atoms with Crippen LogP contribution < -0.4 is 0 Å². The van der Waals surface area contributed by atoms with Gasteiger partial charge < -0.3 is 12.7 Å². The summed E-state index contributed by atoms with van der Waals surface area (Å²) in [6, 6.07) is 14.6. The van der Waals surface area contributed by atoms with Gasteiger partial charge in [0.05, 0.1) is 16.5 Å². The Kier molecular flexibility index (Phi) is 9.27. The summed E-state index contributed by atoms with van der Waals surface area (Å²) in [6.45, 7) is 14.0. The van der Waals surface area contributed by atoms with E-state index in [1.807, 2.05) is 0 Å². The number of fused-ring (bicyclic) bond motifs is 1. The molecule has 0 atom stereocenters. The smallest absolute Gasteiger partial charge is 0.649 e. The largest absolute Gasteiger partial charge is 2.00 e. The van der Waals surface area contributed by atoms with Crippen molar-refractivity contribution in [1.29, 1.82) is 0 Å². The molecule has 0 heterocycles. The maximum atomic E-state index is 5.67. The fraction of sp³-hybridized carbons (Fsp3) is 0.429. The fourth-order valence-corrected chi connectivity index (χ4v) is 7.51. The van der Waals surface area contributed by atoms with E-state index in [-0.39, 0.29) is 23.9 Å². The molecule has 0 spiro atoms. The van der Waals surface area contributed by atoms with Gasteiger partial charge in [-0.1, -0.05) is 47.5 Å². The Morgan fingerprint density at radius 1 is 0.920 bits per heavy atom. The second-order valence-corrected chi connectivity index (χ2v) is 12.9. The summed E-state index contributed by atoms with van der Waals surface area (Å²) < 4.78 is 0. The van der Waals surface area contributed by atoms with Gasteiger partial charge in [0, 0.05) is 7.92 Å². The van der Waals surface area contributed by atoms with Crippen molar-refractivity contribution in [3.63, 3.8) is 0 Å². The van der Waals surface area contributed by atoms with E-state index in [1.165, 1.54) is 10.8 Å². The van der Waals surface area contributed by atoms with Crippen molar-refractivity contribution in [2.24, 2.45) is 0 Å². The molecule has 0 aliphatic carbocycles. The number of nitrogens with zero attached hydrogens (tertiary/aromatic N) is 1. The van der Waals surface area contributed by atoms with Crippen molar-refractivity contribution >= 4 is 41.6 Å². The van der Waals surface area contributed by atoms with Crippen LogP contribution in [-0.2, 0) is 16.5 Å². The Balaban J connectivity index is 0.00000288. The van der Waals surface area contributed by atoms with Gasteiger partial charge in [0.15, 0.2) is 0 Å². The third-order valence-corrected chi connectivity index (χ3v) is 8.95. The van der Waals surface area contributed by atoms with Gasteiger partial charge in [-0.05, 0) is 52.3 Å². The van der Waals surface area contributed by atoms with Gasteiger partial charge in [0.2, 0.25) is 0 Å². The quantitative estimate of drug-likeness (QED) is 0.218. The number of thiocarbonyl (C=S) groups is 1. The van der Waals surface area contributed by atoms with Crippen molar-refractivity contribution in [1.82, 2.24) is 0 Å². The summed E-state index contributed by atoms with van der Waals surface area (Å²) in [6.07, 6.45) is 0.955. The average Bonchev–Trinajstić information content (AvgIpc) is 2.43. The molecule has 0 aliphatic rings. The van der Waals surface area contributed by atoms with Crippen LogP contribution in [-0.4, -0.2) is 21.5 Å². The van der Waals surface area contributed by atoms with E-state index in [2.05, 4.69) is 84.0 Å². The molecular formula is C21H31NNiPS+. The Morgan fingerprint density at radius 2 is 1.44 bits per heavy atom. The molecule has 0 N–H and O–H groups in total. The SMILES string of the molecule is CC(C)(C)[PH+](CC(=S)[N-]c1cccc2ccccc12)C(C)(C)C.[CH3-].[Ni+2]. The minimum atomic E-state index is -0.682. The first-order valence-corrected chi connectivity index (χ1v) is 10.3. The summed E-state index contributed by atoms with van der Waals surface area (Å²) in [5.74, 6) is 0. The Morgan fingerprint density at radius 3 is 2.00 bits per heavy atom. The van der Waals surface area contributed by atoms with Crippen LogP contribution >= 0.6 is 20.1 Å². The minimum absolute atomic E-state index is 0. The molecule has 4 heteroatoms. The van der Waals surface area contributed by atoms with Gasteiger partial charge in [-0.25, -0.2) is 0 Å².